The van der Waals surface area contributed by atoms with Crippen LogP contribution in [0.5, 0.6) is 0 Å². The minimum atomic E-state index is -0.266. The average Bonchev–Trinajstić information content (AvgIpc) is 3.00. The molecule has 0 aliphatic rings. The number of hydrogen-bond donors (Lipinski definition) is 2. The predicted octanol–water partition coefficient (Wildman–Crippen LogP) is 3.18. The van der Waals surface area contributed by atoms with Crippen molar-refractivity contribution in [2.75, 3.05) is 12.4 Å². The molecule has 0 aliphatic heterocycles. The molecular formula is C18H24N4O3. The van der Waals surface area contributed by atoms with Crippen molar-refractivity contribution in [3.8, 4) is 0 Å². The molecule has 0 bridgehead atoms. The number of carbonyl (C=O) groups is 2. The molecule has 0 saturated carbocycles. The molecule has 0 unspecified atom stereocenters. The second-order valence-corrected chi connectivity index (χ2v) is 6.08. The molecule has 0 fully saturated rings. The number of rotatable bonds is 6. The minimum Gasteiger partial charge on any atom is -0.361 e. The molecule has 7 nitrogen and oxygen atoms in total. The third kappa shape index (κ3) is 5.34. The Kier molecular flexibility index (Phi) is 6.16. The van der Waals surface area contributed by atoms with Crippen LogP contribution < -0.4 is 10.6 Å². The summed E-state index contributed by atoms with van der Waals surface area (Å²) < 4.78 is 4.99. The van der Waals surface area contributed by atoms with Gasteiger partial charge in [0.2, 0.25) is 0 Å². The molecule has 1 aromatic heterocycles. The van der Waals surface area contributed by atoms with Crippen molar-refractivity contribution in [2.45, 2.75) is 39.8 Å². The van der Waals surface area contributed by atoms with Crippen LogP contribution in [0.3, 0.4) is 0 Å². The van der Waals surface area contributed by atoms with E-state index in [1.54, 1.807) is 44.3 Å². The zero-order chi connectivity index (χ0) is 18.4. The van der Waals surface area contributed by atoms with E-state index in [2.05, 4.69) is 15.8 Å². The zero-order valence-corrected chi connectivity index (χ0v) is 15.0. The molecule has 0 radical (unpaired) electrons. The van der Waals surface area contributed by atoms with E-state index in [9.17, 15) is 9.59 Å². The average molecular weight is 344 g/mol. The standard InChI is InChI=1S/C18H24N4O3/c1-5-12(2)19-17(23)14-6-8-15(9-7-14)20-18(24)22(4)11-16-10-13(3)25-21-16/h6-10,12H,5,11H2,1-4H3,(H,19,23)(H,20,24)/t12-/m0/s1. The highest BCUT2D eigenvalue weighted by Gasteiger charge is 2.13. The Balaban J connectivity index is 1.91. The SMILES string of the molecule is CC[C@H](C)NC(=O)c1ccc(NC(=O)N(C)Cc2cc(C)on2)cc1. The molecule has 2 N–H and O–H groups in total. The Bertz CT molecular complexity index is 724. The fourth-order valence-corrected chi connectivity index (χ4v) is 2.14. The minimum absolute atomic E-state index is 0.120. The largest absolute Gasteiger partial charge is 0.361 e. The molecule has 7 heteroatoms. The van der Waals surface area contributed by atoms with Crippen LogP contribution in [-0.4, -0.2) is 35.1 Å². The molecule has 1 atom stereocenters. The summed E-state index contributed by atoms with van der Waals surface area (Å²) in [5.74, 6) is 0.584. The van der Waals surface area contributed by atoms with E-state index in [-0.39, 0.29) is 18.0 Å². The first-order valence-electron chi connectivity index (χ1n) is 8.24. The number of benzene rings is 1. The molecular weight excluding hydrogens is 320 g/mol. The fourth-order valence-electron chi connectivity index (χ4n) is 2.14. The van der Waals surface area contributed by atoms with Gasteiger partial charge < -0.3 is 20.1 Å². The Labute approximate surface area is 147 Å². The van der Waals surface area contributed by atoms with Gasteiger partial charge in [-0.25, -0.2) is 4.79 Å². The topological polar surface area (TPSA) is 87.5 Å². The molecule has 2 aromatic rings. The van der Waals surface area contributed by atoms with Gasteiger partial charge in [-0.15, -0.1) is 0 Å². The van der Waals surface area contributed by atoms with Gasteiger partial charge in [0.25, 0.3) is 5.91 Å². The first-order chi connectivity index (χ1) is 11.9. The molecule has 2 rings (SSSR count). The summed E-state index contributed by atoms with van der Waals surface area (Å²) in [7, 11) is 1.67. The van der Waals surface area contributed by atoms with Gasteiger partial charge in [0, 0.05) is 30.4 Å². The van der Waals surface area contributed by atoms with Crippen molar-refractivity contribution in [1.29, 1.82) is 0 Å². The molecule has 1 heterocycles. The summed E-state index contributed by atoms with van der Waals surface area (Å²) in [5.41, 5.74) is 1.87. The number of amides is 3. The lowest BCUT2D eigenvalue weighted by Crippen LogP contribution is -2.32. The lowest BCUT2D eigenvalue weighted by Gasteiger charge is -2.17. The van der Waals surface area contributed by atoms with Crippen molar-refractivity contribution >= 4 is 17.6 Å². The Hall–Kier alpha value is -2.83. The van der Waals surface area contributed by atoms with Crippen molar-refractivity contribution in [3.05, 3.63) is 47.3 Å². The van der Waals surface area contributed by atoms with Crippen LogP contribution in [0.1, 0.15) is 42.1 Å². The highest BCUT2D eigenvalue weighted by Crippen LogP contribution is 2.12. The molecule has 25 heavy (non-hydrogen) atoms. The van der Waals surface area contributed by atoms with E-state index in [1.807, 2.05) is 13.8 Å². The first-order valence-corrected chi connectivity index (χ1v) is 8.24. The smallest absolute Gasteiger partial charge is 0.321 e. The van der Waals surface area contributed by atoms with Crippen LogP contribution in [0.15, 0.2) is 34.9 Å². The summed E-state index contributed by atoms with van der Waals surface area (Å²) in [5, 5.41) is 9.55. The Morgan fingerprint density at radius 2 is 1.96 bits per heavy atom. The van der Waals surface area contributed by atoms with Gasteiger partial charge in [0.15, 0.2) is 0 Å². The zero-order valence-electron chi connectivity index (χ0n) is 15.0. The normalized spacial score (nSPS) is 11.7. The van der Waals surface area contributed by atoms with E-state index in [1.165, 1.54) is 4.90 Å². The van der Waals surface area contributed by atoms with E-state index in [4.69, 9.17) is 4.52 Å². The number of anilines is 1. The van der Waals surface area contributed by atoms with E-state index in [0.717, 1.165) is 6.42 Å². The van der Waals surface area contributed by atoms with Gasteiger partial charge in [-0.2, -0.15) is 0 Å². The van der Waals surface area contributed by atoms with Gasteiger partial charge in [-0.3, -0.25) is 4.79 Å². The molecule has 0 aliphatic carbocycles. The molecule has 134 valence electrons. The maximum Gasteiger partial charge on any atom is 0.321 e. The Morgan fingerprint density at radius 1 is 1.28 bits per heavy atom. The van der Waals surface area contributed by atoms with Gasteiger partial charge in [0.05, 0.1) is 6.54 Å². The summed E-state index contributed by atoms with van der Waals surface area (Å²) in [6.45, 7) is 6.12. The van der Waals surface area contributed by atoms with E-state index < -0.39 is 0 Å². The number of nitrogens with zero attached hydrogens (tertiary/aromatic N) is 2. The summed E-state index contributed by atoms with van der Waals surface area (Å²) in [6.07, 6.45) is 0.872. The van der Waals surface area contributed by atoms with Gasteiger partial charge >= 0.3 is 6.03 Å². The second-order valence-electron chi connectivity index (χ2n) is 6.08. The van der Waals surface area contributed by atoms with Crippen molar-refractivity contribution < 1.29 is 14.1 Å². The quantitative estimate of drug-likeness (QED) is 0.842. The number of urea groups is 1. The van der Waals surface area contributed by atoms with Gasteiger partial charge in [-0.05, 0) is 44.5 Å². The third-order valence-corrected chi connectivity index (χ3v) is 3.81. The van der Waals surface area contributed by atoms with Crippen molar-refractivity contribution in [1.82, 2.24) is 15.4 Å². The van der Waals surface area contributed by atoms with Crippen LogP contribution in [0, 0.1) is 6.92 Å². The highest BCUT2D eigenvalue weighted by atomic mass is 16.5. The van der Waals surface area contributed by atoms with Crippen molar-refractivity contribution in [2.24, 2.45) is 0 Å². The van der Waals surface area contributed by atoms with Crippen LogP contribution >= 0.6 is 0 Å². The van der Waals surface area contributed by atoms with Crippen LogP contribution in [0.25, 0.3) is 0 Å². The maximum atomic E-state index is 12.2. The lowest BCUT2D eigenvalue weighted by molar-refractivity contribution is 0.0939. The predicted molar refractivity (Wildman–Crippen MR) is 95.4 cm³/mol. The number of hydrogen-bond acceptors (Lipinski definition) is 4. The summed E-state index contributed by atoms with van der Waals surface area (Å²) in [4.78, 5) is 25.7. The van der Waals surface area contributed by atoms with Gasteiger partial charge in [-0.1, -0.05) is 12.1 Å². The van der Waals surface area contributed by atoms with Crippen molar-refractivity contribution in [3.63, 3.8) is 0 Å². The lowest BCUT2D eigenvalue weighted by atomic mass is 10.1. The second kappa shape index (κ2) is 8.32. The third-order valence-electron chi connectivity index (χ3n) is 3.81. The number of nitrogens with one attached hydrogen (secondary N) is 2. The highest BCUT2D eigenvalue weighted by molar-refractivity contribution is 5.95. The number of aryl methyl sites for hydroxylation is 1. The maximum absolute atomic E-state index is 12.2. The monoisotopic (exact) mass is 344 g/mol. The number of aromatic nitrogens is 1. The molecule has 1 aromatic carbocycles. The molecule has 0 spiro atoms. The summed E-state index contributed by atoms with van der Waals surface area (Å²) >= 11 is 0. The summed E-state index contributed by atoms with van der Waals surface area (Å²) in [6, 6.07) is 8.43. The Morgan fingerprint density at radius 3 is 2.52 bits per heavy atom. The fraction of sp³-hybridized carbons (Fsp3) is 0.389. The van der Waals surface area contributed by atoms with Crippen LogP contribution in [0.2, 0.25) is 0 Å². The van der Waals surface area contributed by atoms with E-state index >= 15 is 0 Å². The van der Waals surface area contributed by atoms with Crippen LogP contribution in [0.4, 0.5) is 10.5 Å². The van der Waals surface area contributed by atoms with E-state index in [0.29, 0.717) is 29.2 Å². The first kappa shape index (κ1) is 18.5. The van der Waals surface area contributed by atoms with Gasteiger partial charge in [0.1, 0.15) is 11.5 Å². The molecule has 0 saturated heterocycles. The van der Waals surface area contributed by atoms with Crippen LogP contribution in [-0.2, 0) is 6.54 Å². The molecule has 3 amide bonds. The number of carbonyl (C=O) groups excluding carboxylic acids is 2.